The SMILES string of the molecule is O=C(Nc1ccc(Cl)c([N+](=O)[O-])c1)[C@@H](Sc1ccccc1)c1ccccc1. The zero-order valence-electron chi connectivity index (χ0n) is 14.0. The standard InChI is InChI=1S/C20H15ClN2O3S/c21-17-12-11-15(13-18(17)23(25)26)22-20(24)19(14-7-3-1-4-8-14)27-16-9-5-2-6-10-16/h1-13,19H,(H,22,24)/t19-/m0/s1. The fourth-order valence-electron chi connectivity index (χ4n) is 2.47. The Bertz CT molecular complexity index is 952. The van der Waals surface area contributed by atoms with Gasteiger partial charge in [0.1, 0.15) is 10.3 Å². The van der Waals surface area contributed by atoms with Gasteiger partial charge in [-0.15, -0.1) is 11.8 Å². The molecule has 0 unspecified atom stereocenters. The Hall–Kier alpha value is -2.83. The van der Waals surface area contributed by atoms with Crippen LogP contribution in [0.15, 0.2) is 83.8 Å². The van der Waals surface area contributed by atoms with Crippen molar-refractivity contribution in [2.24, 2.45) is 0 Å². The Morgan fingerprint density at radius 1 is 1.00 bits per heavy atom. The molecule has 5 nitrogen and oxygen atoms in total. The second-order valence-electron chi connectivity index (χ2n) is 5.63. The lowest BCUT2D eigenvalue weighted by molar-refractivity contribution is -0.384. The van der Waals surface area contributed by atoms with Crippen molar-refractivity contribution >= 4 is 40.6 Å². The predicted octanol–water partition coefficient (Wildman–Crippen LogP) is 5.72. The van der Waals surface area contributed by atoms with E-state index in [0.717, 1.165) is 10.5 Å². The van der Waals surface area contributed by atoms with E-state index in [1.54, 1.807) is 6.07 Å². The molecule has 0 aliphatic carbocycles. The van der Waals surface area contributed by atoms with Crippen LogP contribution in [-0.4, -0.2) is 10.8 Å². The first kappa shape index (κ1) is 18.9. The molecule has 0 saturated carbocycles. The van der Waals surface area contributed by atoms with E-state index < -0.39 is 10.2 Å². The monoisotopic (exact) mass is 398 g/mol. The number of hydrogen-bond acceptors (Lipinski definition) is 4. The van der Waals surface area contributed by atoms with Gasteiger partial charge < -0.3 is 5.32 Å². The number of benzene rings is 3. The maximum absolute atomic E-state index is 12.9. The number of carbonyl (C=O) groups excluding carboxylic acids is 1. The van der Waals surface area contributed by atoms with Crippen molar-refractivity contribution in [3.05, 3.63) is 99.6 Å². The van der Waals surface area contributed by atoms with Crippen molar-refractivity contribution in [2.75, 3.05) is 5.32 Å². The normalized spacial score (nSPS) is 11.6. The van der Waals surface area contributed by atoms with Crippen LogP contribution in [0.3, 0.4) is 0 Å². The number of anilines is 1. The highest BCUT2D eigenvalue weighted by Gasteiger charge is 2.23. The number of thioether (sulfide) groups is 1. The van der Waals surface area contributed by atoms with Crippen LogP contribution in [0.2, 0.25) is 5.02 Å². The minimum Gasteiger partial charge on any atom is -0.325 e. The topological polar surface area (TPSA) is 72.2 Å². The summed E-state index contributed by atoms with van der Waals surface area (Å²) in [5.41, 5.74) is 0.916. The van der Waals surface area contributed by atoms with Crippen LogP contribution in [0.5, 0.6) is 0 Å². The van der Waals surface area contributed by atoms with Crippen molar-refractivity contribution in [1.29, 1.82) is 0 Å². The summed E-state index contributed by atoms with van der Waals surface area (Å²) in [7, 11) is 0. The highest BCUT2D eigenvalue weighted by atomic mass is 35.5. The van der Waals surface area contributed by atoms with Gasteiger partial charge in [0, 0.05) is 16.6 Å². The van der Waals surface area contributed by atoms with E-state index in [0.29, 0.717) is 5.69 Å². The van der Waals surface area contributed by atoms with E-state index in [9.17, 15) is 14.9 Å². The fraction of sp³-hybridized carbons (Fsp3) is 0.0500. The van der Waals surface area contributed by atoms with Crippen molar-refractivity contribution < 1.29 is 9.72 Å². The number of carbonyl (C=O) groups is 1. The summed E-state index contributed by atoms with van der Waals surface area (Å²) >= 11 is 7.25. The maximum atomic E-state index is 12.9. The molecule has 1 atom stereocenters. The minimum absolute atomic E-state index is 0.0243. The van der Waals surface area contributed by atoms with E-state index in [-0.39, 0.29) is 16.6 Å². The maximum Gasteiger partial charge on any atom is 0.289 e. The van der Waals surface area contributed by atoms with E-state index >= 15 is 0 Å². The van der Waals surface area contributed by atoms with E-state index in [1.165, 1.54) is 23.9 Å². The number of halogens is 1. The van der Waals surface area contributed by atoms with Gasteiger partial charge in [0.25, 0.3) is 5.69 Å². The third-order valence-corrected chi connectivity index (χ3v) is 5.33. The molecule has 0 heterocycles. The van der Waals surface area contributed by atoms with Crippen LogP contribution in [0.25, 0.3) is 0 Å². The molecule has 0 aliphatic rings. The van der Waals surface area contributed by atoms with Crippen molar-refractivity contribution in [1.82, 2.24) is 0 Å². The molecular formula is C20H15ClN2O3S. The quantitative estimate of drug-likeness (QED) is 0.327. The van der Waals surface area contributed by atoms with Crippen LogP contribution in [0.4, 0.5) is 11.4 Å². The Balaban J connectivity index is 1.87. The van der Waals surface area contributed by atoms with Crippen LogP contribution >= 0.6 is 23.4 Å². The molecule has 0 radical (unpaired) electrons. The molecule has 0 aliphatic heterocycles. The lowest BCUT2D eigenvalue weighted by Crippen LogP contribution is -2.19. The average molecular weight is 399 g/mol. The zero-order valence-corrected chi connectivity index (χ0v) is 15.6. The van der Waals surface area contributed by atoms with Crippen LogP contribution < -0.4 is 5.32 Å². The average Bonchev–Trinajstić information content (AvgIpc) is 2.69. The number of nitro groups is 1. The Morgan fingerprint density at radius 2 is 1.63 bits per heavy atom. The first-order chi connectivity index (χ1) is 13.0. The number of hydrogen-bond donors (Lipinski definition) is 1. The van der Waals surface area contributed by atoms with Gasteiger partial charge >= 0.3 is 0 Å². The van der Waals surface area contributed by atoms with Crippen molar-refractivity contribution in [3.8, 4) is 0 Å². The third-order valence-electron chi connectivity index (χ3n) is 3.75. The molecule has 1 amide bonds. The van der Waals surface area contributed by atoms with E-state index in [4.69, 9.17) is 11.6 Å². The molecule has 136 valence electrons. The highest BCUT2D eigenvalue weighted by Crippen LogP contribution is 2.36. The molecule has 0 fully saturated rings. The number of rotatable bonds is 6. The number of amides is 1. The van der Waals surface area contributed by atoms with Crippen LogP contribution in [0, 0.1) is 10.1 Å². The van der Waals surface area contributed by atoms with E-state index in [2.05, 4.69) is 5.32 Å². The molecule has 0 aromatic heterocycles. The second-order valence-corrected chi connectivity index (χ2v) is 7.22. The molecule has 7 heteroatoms. The number of nitrogens with one attached hydrogen (secondary N) is 1. The Labute approximate surface area is 165 Å². The van der Waals surface area contributed by atoms with Gasteiger partial charge in [-0.3, -0.25) is 14.9 Å². The summed E-state index contributed by atoms with van der Waals surface area (Å²) in [4.78, 5) is 24.4. The van der Waals surface area contributed by atoms with Crippen LogP contribution in [-0.2, 0) is 4.79 Å². The lowest BCUT2D eigenvalue weighted by Gasteiger charge is -2.17. The van der Waals surface area contributed by atoms with Crippen LogP contribution in [0.1, 0.15) is 10.8 Å². The summed E-state index contributed by atoms with van der Waals surface area (Å²) in [6.45, 7) is 0. The zero-order chi connectivity index (χ0) is 19.2. The first-order valence-corrected chi connectivity index (χ1v) is 9.32. The Morgan fingerprint density at radius 3 is 2.26 bits per heavy atom. The number of nitro benzene ring substituents is 1. The van der Waals surface area contributed by atoms with Gasteiger partial charge in [-0.05, 0) is 29.8 Å². The summed E-state index contributed by atoms with van der Waals surface area (Å²) in [5, 5.41) is 13.3. The first-order valence-electron chi connectivity index (χ1n) is 8.06. The van der Waals surface area contributed by atoms with E-state index in [1.807, 2.05) is 60.7 Å². The lowest BCUT2D eigenvalue weighted by atomic mass is 10.1. The summed E-state index contributed by atoms with van der Waals surface area (Å²) < 4.78 is 0. The molecule has 0 bridgehead atoms. The molecule has 1 N–H and O–H groups in total. The highest BCUT2D eigenvalue weighted by molar-refractivity contribution is 8.00. The number of nitrogens with zero attached hydrogens (tertiary/aromatic N) is 1. The molecule has 0 spiro atoms. The van der Waals surface area contributed by atoms with Gasteiger partial charge in [0.05, 0.1) is 4.92 Å². The molecule has 0 saturated heterocycles. The summed E-state index contributed by atoms with van der Waals surface area (Å²) in [6.07, 6.45) is 0. The third kappa shape index (κ3) is 4.87. The smallest absolute Gasteiger partial charge is 0.289 e. The van der Waals surface area contributed by atoms with Gasteiger partial charge in [-0.2, -0.15) is 0 Å². The molecule has 27 heavy (non-hydrogen) atoms. The summed E-state index contributed by atoms with van der Waals surface area (Å²) in [5.74, 6) is -0.272. The molecule has 3 aromatic carbocycles. The van der Waals surface area contributed by atoms with Gasteiger partial charge in [-0.1, -0.05) is 60.1 Å². The minimum atomic E-state index is -0.578. The predicted molar refractivity (Wildman–Crippen MR) is 108 cm³/mol. The summed E-state index contributed by atoms with van der Waals surface area (Å²) in [6, 6.07) is 23.2. The molecule has 3 aromatic rings. The van der Waals surface area contributed by atoms with Crippen molar-refractivity contribution in [3.63, 3.8) is 0 Å². The van der Waals surface area contributed by atoms with Gasteiger partial charge in [0.15, 0.2) is 0 Å². The molecular weight excluding hydrogens is 384 g/mol. The molecule has 3 rings (SSSR count). The van der Waals surface area contributed by atoms with Gasteiger partial charge in [0.2, 0.25) is 5.91 Å². The Kier molecular flexibility index (Phi) is 6.11. The van der Waals surface area contributed by atoms with Gasteiger partial charge in [-0.25, -0.2) is 0 Å². The van der Waals surface area contributed by atoms with Crippen molar-refractivity contribution in [2.45, 2.75) is 10.1 Å². The second kappa shape index (κ2) is 8.70. The fourth-order valence-corrected chi connectivity index (χ4v) is 3.71. The largest absolute Gasteiger partial charge is 0.325 e.